The van der Waals surface area contributed by atoms with E-state index in [-0.39, 0.29) is 30.9 Å². The Morgan fingerprint density at radius 2 is 1.83 bits per heavy atom. The van der Waals surface area contributed by atoms with Crippen LogP contribution in [0.3, 0.4) is 0 Å². The minimum absolute atomic E-state index is 0.0402. The van der Waals surface area contributed by atoms with Gasteiger partial charge in [-0.3, -0.25) is 19.3 Å². The highest BCUT2D eigenvalue weighted by atomic mass is 16.3. The van der Waals surface area contributed by atoms with E-state index in [2.05, 4.69) is 5.32 Å². The molecule has 3 heterocycles. The Bertz CT molecular complexity index is 850. The summed E-state index contributed by atoms with van der Waals surface area (Å²) in [6.45, 7) is 0.630. The second-order valence-corrected chi connectivity index (χ2v) is 8.05. The number of aliphatic hydroxyl groups is 1. The number of benzene rings is 1. The van der Waals surface area contributed by atoms with Crippen LogP contribution < -0.4 is 5.32 Å². The van der Waals surface area contributed by atoms with Crippen molar-refractivity contribution in [3.63, 3.8) is 0 Å². The van der Waals surface area contributed by atoms with Crippen LogP contribution in [-0.2, 0) is 20.9 Å². The summed E-state index contributed by atoms with van der Waals surface area (Å²) in [5.74, 6) is -0.555. The first kappa shape index (κ1) is 20.3. The quantitative estimate of drug-likeness (QED) is 0.664. The maximum atomic E-state index is 13.3. The van der Waals surface area contributed by atoms with E-state index in [0.717, 1.165) is 10.5 Å². The highest BCUT2D eigenvalue weighted by Crippen LogP contribution is 2.38. The van der Waals surface area contributed by atoms with Crippen molar-refractivity contribution in [1.82, 2.24) is 20.0 Å². The summed E-state index contributed by atoms with van der Waals surface area (Å²) in [5.41, 5.74) is -0.103. The maximum absolute atomic E-state index is 13.3. The van der Waals surface area contributed by atoms with Gasteiger partial charge in [0.15, 0.2) is 0 Å². The molecule has 0 saturated carbocycles. The number of nitrogens with one attached hydrogen (secondary N) is 1. The number of aliphatic hydroxyl groups excluding tert-OH is 1. The fourth-order valence-electron chi connectivity index (χ4n) is 4.66. The van der Waals surface area contributed by atoms with E-state index in [1.165, 1.54) is 0 Å². The third-order valence-electron chi connectivity index (χ3n) is 6.32. The normalized spacial score (nSPS) is 23.4. The van der Waals surface area contributed by atoms with Gasteiger partial charge < -0.3 is 20.2 Å². The van der Waals surface area contributed by atoms with Crippen molar-refractivity contribution < 1.29 is 24.3 Å². The lowest BCUT2D eigenvalue weighted by molar-refractivity contribution is -0.142. The van der Waals surface area contributed by atoms with Crippen LogP contribution >= 0.6 is 0 Å². The Labute approximate surface area is 174 Å². The first-order valence-electron chi connectivity index (χ1n) is 10.3. The molecule has 1 atom stereocenters. The van der Waals surface area contributed by atoms with Crippen LogP contribution in [0.4, 0.5) is 4.79 Å². The number of nitrogens with zero attached hydrogens (tertiary/aromatic N) is 3. The van der Waals surface area contributed by atoms with E-state index >= 15 is 0 Å². The van der Waals surface area contributed by atoms with Crippen molar-refractivity contribution in [2.75, 3.05) is 26.2 Å². The number of hydrogen-bond acceptors (Lipinski definition) is 5. The monoisotopic (exact) mass is 414 g/mol. The summed E-state index contributed by atoms with van der Waals surface area (Å²) in [5, 5.41) is 12.0. The minimum atomic E-state index is -1.02. The van der Waals surface area contributed by atoms with Gasteiger partial charge in [0.1, 0.15) is 11.6 Å². The molecule has 0 aliphatic carbocycles. The zero-order valence-electron chi connectivity index (χ0n) is 16.7. The molecule has 1 spiro atoms. The molecule has 0 bridgehead atoms. The van der Waals surface area contributed by atoms with Crippen molar-refractivity contribution in [2.45, 2.75) is 43.8 Å². The number of amides is 5. The van der Waals surface area contributed by atoms with Gasteiger partial charge in [0.05, 0.1) is 13.2 Å². The van der Waals surface area contributed by atoms with Crippen LogP contribution in [0.15, 0.2) is 30.3 Å². The summed E-state index contributed by atoms with van der Waals surface area (Å²) < 4.78 is 0. The number of β-amino-alcohol motifs (C(OH)–C–C–N with tert-alkyl or cyclic N) is 1. The average molecular weight is 414 g/mol. The molecule has 3 aliphatic rings. The molecule has 3 saturated heterocycles. The third-order valence-corrected chi connectivity index (χ3v) is 6.32. The number of carbonyl (C=O) groups is 4. The van der Waals surface area contributed by atoms with Gasteiger partial charge in [0, 0.05) is 26.1 Å². The lowest BCUT2D eigenvalue weighted by Crippen LogP contribution is -2.58. The van der Waals surface area contributed by atoms with E-state index in [1.54, 1.807) is 9.80 Å². The van der Waals surface area contributed by atoms with E-state index < -0.39 is 17.6 Å². The van der Waals surface area contributed by atoms with Gasteiger partial charge in [-0.05, 0) is 24.8 Å². The van der Waals surface area contributed by atoms with Crippen molar-refractivity contribution in [2.24, 2.45) is 0 Å². The smallest absolute Gasteiger partial charge is 0.328 e. The number of likely N-dealkylation sites (tertiary alicyclic amines) is 1. The molecule has 9 heteroatoms. The largest absolute Gasteiger partial charge is 0.395 e. The summed E-state index contributed by atoms with van der Waals surface area (Å²) in [6.07, 6.45) is 1.50. The van der Waals surface area contributed by atoms with Gasteiger partial charge in [-0.2, -0.15) is 0 Å². The van der Waals surface area contributed by atoms with Crippen molar-refractivity contribution >= 4 is 23.8 Å². The number of rotatable bonds is 5. The highest BCUT2D eigenvalue weighted by molar-refractivity contribution is 6.07. The summed E-state index contributed by atoms with van der Waals surface area (Å²) in [6, 6.07) is 8.56. The molecule has 1 aromatic rings. The average Bonchev–Trinajstić information content (AvgIpc) is 3.27. The molecule has 1 aromatic carbocycles. The zero-order chi connectivity index (χ0) is 21.3. The molecule has 4 rings (SSSR count). The predicted molar refractivity (Wildman–Crippen MR) is 106 cm³/mol. The molecule has 0 aromatic heterocycles. The van der Waals surface area contributed by atoms with Crippen LogP contribution in [0, 0.1) is 0 Å². The van der Waals surface area contributed by atoms with E-state index in [1.807, 2.05) is 30.3 Å². The molecule has 30 heavy (non-hydrogen) atoms. The fourth-order valence-corrected chi connectivity index (χ4v) is 4.66. The van der Waals surface area contributed by atoms with Gasteiger partial charge in [-0.25, -0.2) is 4.79 Å². The van der Waals surface area contributed by atoms with Crippen LogP contribution in [-0.4, -0.2) is 81.4 Å². The van der Waals surface area contributed by atoms with Crippen LogP contribution in [0.2, 0.25) is 0 Å². The zero-order valence-corrected chi connectivity index (χ0v) is 16.7. The second kappa shape index (κ2) is 8.06. The fraction of sp³-hybridized carbons (Fsp3) is 0.524. The van der Waals surface area contributed by atoms with Crippen LogP contribution in [0.1, 0.15) is 31.2 Å². The summed E-state index contributed by atoms with van der Waals surface area (Å²) in [7, 11) is 0. The Kier molecular flexibility index (Phi) is 5.46. The van der Waals surface area contributed by atoms with Gasteiger partial charge >= 0.3 is 6.03 Å². The Balaban J connectivity index is 1.53. The summed E-state index contributed by atoms with van der Waals surface area (Å²) in [4.78, 5) is 54.9. The third kappa shape index (κ3) is 3.43. The Morgan fingerprint density at radius 1 is 1.13 bits per heavy atom. The molecule has 9 nitrogen and oxygen atoms in total. The van der Waals surface area contributed by atoms with Gasteiger partial charge in [0.2, 0.25) is 11.8 Å². The van der Waals surface area contributed by atoms with E-state index in [4.69, 9.17) is 0 Å². The first-order valence-corrected chi connectivity index (χ1v) is 10.3. The number of piperidine rings is 1. The van der Waals surface area contributed by atoms with Gasteiger partial charge in [0.25, 0.3) is 5.91 Å². The minimum Gasteiger partial charge on any atom is -0.395 e. The molecule has 1 unspecified atom stereocenters. The molecule has 2 N–H and O–H groups in total. The number of imide groups is 1. The molecule has 160 valence electrons. The topological polar surface area (TPSA) is 110 Å². The van der Waals surface area contributed by atoms with Gasteiger partial charge in [-0.15, -0.1) is 0 Å². The van der Waals surface area contributed by atoms with Crippen molar-refractivity contribution in [3.05, 3.63) is 35.9 Å². The van der Waals surface area contributed by atoms with E-state index in [9.17, 15) is 24.3 Å². The van der Waals surface area contributed by atoms with Gasteiger partial charge in [-0.1, -0.05) is 30.3 Å². The van der Waals surface area contributed by atoms with Crippen molar-refractivity contribution in [3.8, 4) is 0 Å². The molecular formula is C21H26N4O5. The predicted octanol–water partition coefficient (Wildman–Crippen LogP) is 0.0829. The maximum Gasteiger partial charge on any atom is 0.328 e. The second-order valence-electron chi connectivity index (χ2n) is 8.05. The SMILES string of the molecule is O=C1CCC(C(=O)N2CCC3(CC2)C(=O)N(CCO)C(=O)N3Cc2ccccc2)N1. The number of hydrogen-bond donors (Lipinski definition) is 2. The molecule has 3 fully saturated rings. The Hall–Kier alpha value is -2.94. The van der Waals surface area contributed by atoms with Crippen LogP contribution in [0.25, 0.3) is 0 Å². The van der Waals surface area contributed by atoms with Crippen molar-refractivity contribution in [1.29, 1.82) is 0 Å². The molecule has 5 amide bonds. The standard InChI is InChI=1S/C21H26N4O5/c26-13-12-24-19(29)21(25(20(24)30)14-15-4-2-1-3-5-15)8-10-23(11-9-21)18(28)16-6-7-17(27)22-16/h1-5,16,26H,6-14H2,(H,22,27). The first-order chi connectivity index (χ1) is 14.5. The highest BCUT2D eigenvalue weighted by Gasteiger charge is 2.58. The number of carbonyl (C=O) groups excluding carboxylic acids is 4. The van der Waals surface area contributed by atoms with E-state index in [0.29, 0.717) is 45.3 Å². The van der Waals surface area contributed by atoms with Crippen LogP contribution in [0.5, 0.6) is 0 Å². The lowest BCUT2D eigenvalue weighted by atomic mass is 9.85. The number of urea groups is 1. The molecular weight excluding hydrogens is 388 g/mol. The molecule has 0 radical (unpaired) electrons. The Morgan fingerprint density at radius 3 is 2.43 bits per heavy atom. The lowest BCUT2D eigenvalue weighted by Gasteiger charge is -2.42. The summed E-state index contributed by atoms with van der Waals surface area (Å²) >= 11 is 0. The molecule has 3 aliphatic heterocycles.